The first-order chi connectivity index (χ1) is 12.4. The largest absolute Gasteiger partial charge is 0.465 e. The number of nitrogens with one attached hydrogen (secondary N) is 2. The van der Waals surface area contributed by atoms with Crippen LogP contribution in [0.3, 0.4) is 0 Å². The van der Waals surface area contributed by atoms with Crippen molar-refractivity contribution in [2.75, 3.05) is 13.7 Å². The Hall–Kier alpha value is -2.80. The topological polar surface area (TPSA) is 67.4 Å². The van der Waals surface area contributed by atoms with Crippen molar-refractivity contribution < 1.29 is 23.1 Å². The van der Waals surface area contributed by atoms with Crippen LogP contribution in [0, 0.1) is 11.6 Å². The van der Waals surface area contributed by atoms with Gasteiger partial charge in [-0.1, -0.05) is 18.2 Å². The summed E-state index contributed by atoms with van der Waals surface area (Å²) in [5, 5.41) is 5.61. The first-order valence-electron chi connectivity index (χ1n) is 8.03. The summed E-state index contributed by atoms with van der Waals surface area (Å²) in [6, 6.07) is 9.56. The summed E-state index contributed by atoms with van der Waals surface area (Å²) in [4.78, 5) is 23.3. The molecule has 0 saturated carbocycles. The molecule has 138 valence electrons. The lowest BCUT2D eigenvalue weighted by Gasteiger charge is -2.15. The highest BCUT2D eigenvalue weighted by Gasteiger charge is 2.13. The summed E-state index contributed by atoms with van der Waals surface area (Å²) in [5.41, 5.74) is 1.54. The van der Waals surface area contributed by atoms with Crippen LogP contribution in [-0.4, -0.2) is 25.5 Å². The highest BCUT2D eigenvalue weighted by Crippen LogP contribution is 2.17. The standard InChI is InChI=1S/C19H20F2N2O3/c1-12(16-8-7-15(20)9-17(16)21)22-11-18(24)23-10-13-3-5-14(6-4-13)19(25)26-2/h3-9,12,22H,10-11H2,1-2H3,(H,23,24)/t12-/m1/s1. The number of hydrogen-bond donors (Lipinski definition) is 2. The quantitative estimate of drug-likeness (QED) is 0.744. The van der Waals surface area contributed by atoms with Crippen LogP contribution < -0.4 is 10.6 Å². The Kier molecular flexibility index (Phi) is 6.80. The molecule has 5 nitrogen and oxygen atoms in total. The Morgan fingerprint density at radius 2 is 1.81 bits per heavy atom. The van der Waals surface area contributed by atoms with Crippen molar-refractivity contribution in [1.29, 1.82) is 0 Å². The van der Waals surface area contributed by atoms with Gasteiger partial charge >= 0.3 is 5.97 Å². The third-order valence-corrected chi connectivity index (χ3v) is 3.86. The fourth-order valence-electron chi connectivity index (χ4n) is 2.35. The van der Waals surface area contributed by atoms with E-state index < -0.39 is 23.6 Å². The van der Waals surface area contributed by atoms with Crippen molar-refractivity contribution in [2.45, 2.75) is 19.5 Å². The van der Waals surface area contributed by atoms with Crippen LogP contribution in [0.5, 0.6) is 0 Å². The minimum Gasteiger partial charge on any atom is -0.465 e. The van der Waals surface area contributed by atoms with Gasteiger partial charge in [0.15, 0.2) is 0 Å². The Bertz CT molecular complexity index is 779. The molecule has 0 heterocycles. The maximum atomic E-state index is 13.7. The van der Waals surface area contributed by atoms with E-state index in [4.69, 9.17) is 0 Å². The van der Waals surface area contributed by atoms with E-state index >= 15 is 0 Å². The normalized spacial score (nSPS) is 11.7. The van der Waals surface area contributed by atoms with Crippen LogP contribution in [0.15, 0.2) is 42.5 Å². The van der Waals surface area contributed by atoms with Gasteiger partial charge in [-0.25, -0.2) is 13.6 Å². The first kappa shape index (κ1) is 19.5. The summed E-state index contributed by atoms with van der Waals surface area (Å²) in [7, 11) is 1.31. The molecule has 0 bridgehead atoms. The van der Waals surface area contributed by atoms with Crippen LogP contribution in [0.25, 0.3) is 0 Å². The Labute approximate surface area is 150 Å². The lowest BCUT2D eigenvalue weighted by atomic mass is 10.1. The molecule has 0 spiro atoms. The molecule has 1 atom stereocenters. The van der Waals surface area contributed by atoms with E-state index in [1.807, 2.05) is 0 Å². The highest BCUT2D eigenvalue weighted by atomic mass is 19.1. The molecule has 2 rings (SSSR count). The van der Waals surface area contributed by atoms with Gasteiger partial charge in [-0.2, -0.15) is 0 Å². The molecule has 0 fully saturated rings. The summed E-state index contributed by atoms with van der Waals surface area (Å²) in [5.74, 6) is -1.99. The van der Waals surface area contributed by atoms with E-state index in [0.29, 0.717) is 12.1 Å². The van der Waals surface area contributed by atoms with Gasteiger partial charge in [0.1, 0.15) is 11.6 Å². The molecule has 0 aliphatic heterocycles. The number of carbonyl (C=O) groups excluding carboxylic acids is 2. The molecule has 7 heteroatoms. The predicted octanol–water partition coefficient (Wildman–Crippen LogP) is 2.72. The number of hydrogen-bond acceptors (Lipinski definition) is 4. The lowest BCUT2D eigenvalue weighted by Crippen LogP contribution is -2.34. The van der Waals surface area contributed by atoms with Gasteiger partial charge in [0.25, 0.3) is 0 Å². The molecule has 2 aromatic rings. The smallest absolute Gasteiger partial charge is 0.337 e. The van der Waals surface area contributed by atoms with Gasteiger partial charge in [-0.15, -0.1) is 0 Å². The van der Waals surface area contributed by atoms with Crippen molar-refractivity contribution >= 4 is 11.9 Å². The maximum Gasteiger partial charge on any atom is 0.337 e. The zero-order valence-electron chi connectivity index (χ0n) is 14.5. The van der Waals surface area contributed by atoms with Gasteiger partial charge in [0, 0.05) is 24.2 Å². The summed E-state index contributed by atoms with van der Waals surface area (Å²) >= 11 is 0. The van der Waals surface area contributed by atoms with E-state index in [1.165, 1.54) is 19.2 Å². The van der Waals surface area contributed by atoms with Crippen LogP contribution in [0.4, 0.5) is 8.78 Å². The lowest BCUT2D eigenvalue weighted by molar-refractivity contribution is -0.120. The molecule has 0 saturated heterocycles. The Morgan fingerprint density at radius 1 is 1.12 bits per heavy atom. The summed E-state index contributed by atoms with van der Waals surface area (Å²) < 4.78 is 31.2. The Balaban J connectivity index is 1.80. The number of rotatable bonds is 7. The van der Waals surface area contributed by atoms with Crippen molar-refractivity contribution in [2.24, 2.45) is 0 Å². The minimum atomic E-state index is -0.656. The van der Waals surface area contributed by atoms with Crippen molar-refractivity contribution in [3.8, 4) is 0 Å². The van der Waals surface area contributed by atoms with Gasteiger partial charge in [0.05, 0.1) is 19.2 Å². The fourth-order valence-corrected chi connectivity index (χ4v) is 2.35. The van der Waals surface area contributed by atoms with Crippen molar-refractivity contribution in [3.05, 3.63) is 70.8 Å². The number of ether oxygens (including phenoxy) is 1. The molecule has 1 amide bonds. The predicted molar refractivity (Wildman–Crippen MR) is 92.4 cm³/mol. The van der Waals surface area contributed by atoms with Crippen LogP contribution >= 0.6 is 0 Å². The van der Waals surface area contributed by atoms with E-state index in [0.717, 1.165) is 11.6 Å². The van der Waals surface area contributed by atoms with E-state index in [9.17, 15) is 18.4 Å². The molecule has 26 heavy (non-hydrogen) atoms. The fraction of sp³-hybridized carbons (Fsp3) is 0.263. The van der Waals surface area contributed by atoms with Gasteiger partial charge in [-0.05, 0) is 30.7 Å². The molecule has 0 radical (unpaired) electrons. The second-order valence-electron chi connectivity index (χ2n) is 5.73. The van der Waals surface area contributed by atoms with Gasteiger partial charge in [0.2, 0.25) is 5.91 Å². The molecular formula is C19H20F2N2O3. The SMILES string of the molecule is COC(=O)c1ccc(CNC(=O)CN[C@H](C)c2ccc(F)cc2F)cc1. The molecule has 2 aromatic carbocycles. The van der Waals surface area contributed by atoms with Crippen LogP contribution in [0.1, 0.15) is 34.5 Å². The molecule has 0 aromatic heterocycles. The zero-order valence-corrected chi connectivity index (χ0v) is 14.5. The molecule has 0 aliphatic rings. The monoisotopic (exact) mass is 362 g/mol. The number of amides is 1. The molecular weight excluding hydrogens is 342 g/mol. The van der Waals surface area contributed by atoms with Gasteiger partial charge in [-0.3, -0.25) is 4.79 Å². The minimum absolute atomic E-state index is 0.0156. The molecule has 0 aliphatic carbocycles. The van der Waals surface area contributed by atoms with Crippen molar-refractivity contribution in [1.82, 2.24) is 10.6 Å². The summed E-state index contributed by atoms with van der Waals surface area (Å²) in [6.07, 6.45) is 0. The van der Waals surface area contributed by atoms with E-state index in [2.05, 4.69) is 15.4 Å². The van der Waals surface area contributed by atoms with Crippen LogP contribution in [-0.2, 0) is 16.1 Å². The first-order valence-corrected chi connectivity index (χ1v) is 8.03. The average Bonchev–Trinajstić information content (AvgIpc) is 2.64. The number of benzene rings is 2. The van der Waals surface area contributed by atoms with Gasteiger partial charge < -0.3 is 15.4 Å². The number of methoxy groups -OCH3 is 1. The number of carbonyl (C=O) groups is 2. The van der Waals surface area contributed by atoms with E-state index in [-0.39, 0.29) is 18.0 Å². The second-order valence-corrected chi connectivity index (χ2v) is 5.73. The second kappa shape index (κ2) is 9.05. The van der Waals surface area contributed by atoms with E-state index in [1.54, 1.807) is 31.2 Å². The average molecular weight is 362 g/mol. The third-order valence-electron chi connectivity index (χ3n) is 3.86. The van der Waals surface area contributed by atoms with Crippen LogP contribution in [0.2, 0.25) is 0 Å². The number of esters is 1. The Morgan fingerprint density at radius 3 is 2.42 bits per heavy atom. The zero-order chi connectivity index (χ0) is 19.1. The summed E-state index contributed by atoms with van der Waals surface area (Å²) in [6.45, 7) is 1.97. The molecule has 2 N–H and O–H groups in total. The van der Waals surface area contributed by atoms with Crippen molar-refractivity contribution in [3.63, 3.8) is 0 Å². The molecule has 0 unspecified atom stereocenters. The third kappa shape index (κ3) is 5.35. The highest BCUT2D eigenvalue weighted by molar-refractivity contribution is 5.89. The maximum absolute atomic E-state index is 13.7. The number of halogens is 2.